The van der Waals surface area contributed by atoms with Crippen LogP contribution in [0, 0.1) is 5.92 Å². The van der Waals surface area contributed by atoms with Crippen LogP contribution in [0.2, 0.25) is 0 Å². The molecule has 0 bridgehead atoms. The van der Waals surface area contributed by atoms with E-state index in [4.69, 9.17) is 9.47 Å². The van der Waals surface area contributed by atoms with Crippen LogP contribution in [-0.4, -0.2) is 78.5 Å². The van der Waals surface area contributed by atoms with Crippen molar-refractivity contribution in [2.24, 2.45) is 5.92 Å². The number of carbonyl (C=O) groups is 3. The van der Waals surface area contributed by atoms with Crippen LogP contribution in [0.3, 0.4) is 0 Å². The summed E-state index contributed by atoms with van der Waals surface area (Å²) in [5.74, 6) is -0.173. The second kappa shape index (κ2) is 11.8. The zero-order valence-corrected chi connectivity index (χ0v) is 21.0. The third-order valence-electron chi connectivity index (χ3n) is 6.24. The van der Waals surface area contributed by atoms with E-state index in [1.54, 1.807) is 73.6 Å². The summed E-state index contributed by atoms with van der Waals surface area (Å²) in [5, 5.41) is 2.80. The number of pyridine rings is 1. The summed E-state index contributed by atoms with van der Waals surface area (Å²) in [6, 6.07) is 8.07. The number of ether oxygens (including phenoxy) is 2. The van der Waals surface area contributed by atoms with Gasteiger partial charge in [0, 0.05) is 69.3 Å². The lowest BCUT2D eigenvalue weighted by Gasteiger charge is -2.36. The summed E-state index contributed by atoms with van der Waals surface area (Å²) in [6.07, 6.45) is 3.24. The molecule has 0 fully saturated rings. The van der Waals surface area contributed by atoms with Crippen LogP contribution < -0.4 is 10.1 Å². The Bertz CT molecular complexity index is 1050. The molecule has 1 aromatic heterocycles. The number of hydrogen-bond acceptors (Lipinski definition) is 6. The van der Waals surface area contributed by atoms with E-state index >= 15 is 0 Å². The summed E-state index contributed by atoms with van der Waals surface area (Å²) in [4.78, 5) is 46.0. The molecule has 2 heterocycles. The highest BCUT2D eigenvalue weighted by Crippen LogP contribution is 2.27. The molecular weight excluding hydrogens is 448 g/mol. The first kappa shape index (κ1) is 26.2. The molecule has 9 nitrogen and oxygen atoms in total. The predicted molar refractivity (Wildman–Crippen MR) is 133 cm³/mol. The van der Waals surface area contributed by atoms with Crippen molar-refractivity contribution in [1.29, 1.82) is 0 Å². The molecule has 0 unspecified atom stereocenters. The van der Waals surface area contributed by atoms with E-state index < -0.39 is 0 Å². The van der Waals surface area contributed by atoms with E-state index in [0.717, 1.165) is 0 Å². The van der Waals surface area contributed by atoms with E-state index in [2.05, 4.69) is 10.3 Å². The first-order valence-electron chi connectivity index (χ1n) is 11.8. The normalized spacial score (nSPS) is 21.3. The van der Waals surface area contributed by atoms with Gasteiger partial charge in [0.25, 0.3) is 11.8 Å². The molecule has 1 aromatic carbocycles. The van der Waals surface area contributed by atoms with E-state index in [9.17, 15) is 14.4 Å². The summed E-state index contributed by atoms with van der Waals surface area (Å²) < 4.78 is 11.9. The lowest BCUT2D eigenvalue weighted by atomic mass is 10.0. The fourth-order valence-corrected chi connectivity index (χ4v) is 4.04. The highest BCUT2D eigenvalue weighted by atomic mass is 16.5. The van der Waals surface area contributed by atoms with Crippen molar-refractivity contribution in [3.63, 3.8) is 0 Å². The number of benzene rings is 1. The summed E-state index contributed by atoms with van der Waals surface area (Å²) in [6.45, 7) is 6.62. The summed E-state index contributed by atoms with van der Waals surface area (Å²) >= 11 is 0. The van der Waals surface area contributed by atoms with Gasteiger partial charge in [-0.25, -0.2) is 0 Å². The molecule has 188 valence electrons. The third-order valence-corrected chi connectivity index (χ3v) is 6.24. The minimum absolute atomic E-state index is 0.0472. The van der Waals surface area contributed by atoms with Crippen LogP contribution in [-0.2, 0) is 9.53 Å². The minimum atomic E-state index is -0.301. The number of aromatic nitrogens is 1. The van der Waals surface area contributed by atoms with Crippen molar-refractivity contribution in [2.75, 3.05) is 39.2 Å². The van der Waals surface area contributed by atoms with Crippen LogP contribution in [0.5, 0.6) is 5.75 Å². The number of likely N-dealkylation sites (N-methyl/N-ethyl adjacent to an activating group) is 1. The Balaban J connectivity index is 1.99. The molecule has 0 radical (unpaired) electrons. The monoisotopic (exact) mass is 482 g/mol. The van der Waals surface area contributed by atoms with E-state index in [-0.39, 0.29) is 42.4 Å². The maximum Gasteiger partial charge on any atom is 0.257 e. The molecule has 3 atom stereocenters. The van der Waals surface area contributed by atoms with Gasteiger partial charge in [-0.05, 0) is 31.2 Å². The Hall–Kier alpha value is -3.46. The minimum Gasteiger partial charge on any atom is -0.491 e. The van der Waals surface area contributed by atoms with Crippen molar-refractivity contribution in [1.82, 2.24) is 14.8 Å². The molecular formula is C26H34N4O5. The van der Waals surface area contributed by atoms with Gasteiger partial charge >= 0.3 is 0 Å². The zero-order valence-electron chi connectivity index (χ0n) is 21.0. The number of carbonyl (C=O) groups excluding carboxylic acids is 3. The predicted octanol–water partition coefficient (Wildman–Crippen LogP) is 3.08. The molecule has 0 saturated heterocycles. The average molecular weight is 483 g/mol. The van der Waals surface area contributed by atoms with Gasteiger partial charge in [-0.15, -0.1) is 0 Å². The van der Waals surface area contributed by atoms with E-state index in [1.165, 1.54) is 0 Å². The molecule has 1 aliphatic rings. The fourth-order valence-electron chi connectivity index (χ4n) is 4.04. The SMILES string of the molecule is CCC(=O)Nc1ccc2c(c1)OC[C@H](C)N(C(=O)c1ccncc1)C[C@@H](C)[C@H](OC)CN(C)C2=O. The van der Waals surface area contributed by atoms with Gasteiger partial charge in [0.05, 0.1) is 17.7 Å². The van der Waals surface area contributed by atoms with Crippen molar-refractivity contribution in [3.05, 3.63) is 53.9 Å². The van der Waals surface area contributed by atoms with Gasteiger partial charge in [0.15, 0.2) is 0 Å². The first-order valence-corrected chi connectivity index (χ1v) is 11.8. The van der Waals surface area contributed by atoms with Crippen LogP contribution >= 0.6 is 0 Å². The van der Waals surface area contributed by atoms with Crippen LogP contribution in [0.25, 0.3) is 0 Å². The van der Waals surface area contributed by atoms with Crippen LogP contribution in [0.4, 0.5) is 5.69 Å². The molecule has 1 N–H and O–H groups in total. The third kappa shape index (κ3) is 6.36. The van der Waals surface area contributed by atoms with Crippen LogP contribution in [0.15, 0.2) is 42.7 Å². The summed E-state index contributed by atoms with van der Waals surface area (Å²) in [5.41, 5.74) is 1.46. The number of amides is 3. The molecule has 3 rings (SSSR count). The molecule has 9 heteroatoms. The highest BCUT2D eigenvalue weighted by molar-refractivity contribution is 5.98. The number of nitrogens with zero attached hydrogens (tertiary/aromatic N) is 3. The van der Waals surface area contributed by atoms with Gasteiger partial charge in [-0.1, -0.05) is 13.8 Å². The standard InChI is InChI=1S/C26H34N4O5/c1-6-24(31)28-20-7-8-21-22(13-20)35-16-18(3)30(25(32)19-9-11-27-12-10-19)14-17(2)23(34-5)15-29(4)26(21)33/h7-13,17-18,23H,6,14-16H2,1-5H3,(H,28,31)/t17-,18+,23-/m1/s1. The second-order valence-electron chi connectivity index (χ2n) is 8.90. The maximum absolute atomic E-state index is 13.4. The topological polar surface area (TPSA) is 101 Å². The Morgan fingerprint density at radius 2 is 1.89 bits per heavy atom. The van der Waals surface area contributed by atoms with Gasteiger partial charge in [-0.3, -0.25) is 19.4 Å². The molecule has 2 aromatic rings. The maximum atomic E-state index is 13.4. The number of methoxy groups -OCH3 is 1. The number of nitrogens with one attached hydrogen (secondary N) is 1. The first-order chi connectivity index (χ1) is 16.7. The number of anilines is 1. The van der Waals surface area contributed by atoms with Crippen molar-refractivity contribution >= 4 is 23.4 Å². The lowest BCUT2D eigenvalue weighted by molar-refractivity contribution is -0.115. The molecule has 0 saturated carbocycles. The van der Waals surface area contributed by atoms with Gasteiger partial charge in [-0.2, -0.15) is 0 Å². The molecule has 0 aliphatic carbocycles. The Morgan fingerprint density at radius 3 is 2.54 bits per heavy atom. The second-order valence-corrected chi connectivity index (χ2v) is 8.90. The Morgan fingerprint density at radius 1 is 1.17 bits per heavy atom. The lowest BCUT2D eigenvalue weighted by Crippen LogP contribution is -2.48. The van der Waals surface area contributed by atoms with E-state index in [0.29, 0.717) is 42.1 Å². The quantitative estimate of drug-likeness (QED) is 0.719. The molecule has 0 spiro atoms. The van der Waals surface area contributed by atoms with E-state index in [1.807, 2.05) is 13.8 Å². The number of hydrogen-bond donors (Lipinski definition) is 1. The Kier molecular flexibility index (Phi) is 8.81. The largest absolute Gasteiger partial charge is 0.491 e. The number of rotatable bonds is 4. The zero-order chi connectivity index (χ0) is 25.5. The van der Waals surface area contributed by atoms with Gasteiger partial charge in [0.2, 0.25) is 5.91 Å². The van der Waals surface area contributed by atoms with Crippen molar-refractivity contribution in [3.8, 4) is 5.75 Å². The highest BCUT2D eigenvalue weighted by Gasteiger charge is 2.30. The summed E-state index contributed by atoms with van der Waals surface area (Å²) in [7, 11) is 3.33. The fraction of sp³-hybridized carbons (Fsp3) is 0.462. The Labute approximate surface area is 206 Å². The molecule has 3 amide bonds. The van der Waals surface area contributed by atoms with Crippen molar-refractivity contribution < 1.29 is 23.9 Å². The van der Waals surface area contributed by atoms with Crippen molar-refractivity contribution in [2.45, 2.75) is 39.3 Å². The number of fused-ring (bicyclic) bond motifs is 1. The van der Waals surface area contributed by atoms with Gasteiger partial charge < -0.3 is 24.6 Å². The van der Waals surface area contributed by atoms with Crippen LogP contribution in [0.1, 0.15) is 47.9 Å². The average Bonchev–Trinajstić information content (AvgIpc) is 2.87. The molecule has 1 aliphatic heterocycles. The van der Waals surface area contributed by atoms with Gasteiger partial charge in [0.1, 0.15) is 12.4 Å². The molecule has 35 heavy (non-hydrogen) atoms. The smallest absolute Gasteiger partial charge is 0.257 e.